The quantitative estimate of drug-likeness (QED) is 0.818. The zero-order valence-electron chi connectivity index (χ0n) is 13.5. The number of nitrogens with one attached hydrogen (secondary N) is 1. The van der Waals surface area contributed by atoms with Crippen LogP contribution in [0.1, 0.15) is 0 Å². The fourth-order valence-electron chi connectivity index (χ4n) is 2.63. The molecule has 134 valence electrons. The van der Waals surface area contributed by atoms with Crippen LogP contribution in [-0.4, -0.2) is 42.3 Å². The van der Waals surface area contributed by atoms with Gasteiger partial charge in [0.1, 0.15) is 5.82 Å². The Hall–Kier alpha value is -1.77. The van der Waals surface area contributed by atoms with E-state index in [2.05, 4.69) is 26.1 Å². The fourth-order valence-corrected chi connectivity index (χ4v) is 2.96. The second-order valence-corrected chi connectivity index (χ2v) is 6.66. The summed E-state index contributed by atoms with van der Waals surface area (Å²) >= 11 is 3.16. The number of nitrogens with zero attached hydrogens (tertiary/aromatic N) is 2. The van der Waals surface area contributed by atoms with E-state index in [1.165, 1.54) is 29.0 Å². The Kier molecular flexibility index (Phi) is 5.82. The zero-order chi connectivity index (χ0) is 17.8. The van der Waals surface area contributed by atoms with Crippen LogP contribution in [0.25, 0.3) is 0 Å². The van der Waals surface area contributed by atoms with Gasteiger partial charge in [-0.05, 0) is 24.3 Å². The van der Waals surface area contributed by atoms with Crippen molar-refractivity contribution in [2.24, 2.45) is 0 Å². The van der Waals surface area contributed by atoms with Gasteiger partial charge >= 0.3 is 0 Å². The molecule has 2 heterocycles. The minimum Gasteiger partial charge on any atom is -0.379 e. The number of pyridine rings is 1. The van der Waals surface area contributed by atoms with E-state index in [9.17, 15) is 13.6 Å². The summed E-state index contributed by atoms with van der Waals surface area (Å²) in [6.45, 7) is 3.99. The van der Waals surface area contributed by atoms with E-state index in [4.69, 9.17) is 4.74 Å². The van der Waals surface area contributed by atoms with Crippen LogP contribution in [0.5, 0.6) is 0 Å². The van der Waals surface area contributed by atoms with Gasteiger partial charge in [0, 0.05) is 36.8 Å². The van der Waals surface area contributed by atoms with Crippen molar-refractivity contribution in [1.82, 2.24) is 9.47 Å². The Balaban J connectivity index is 1.72. The summed E-state index contributed by atoms with van der Waals surface area (Å²) < 4.78 is 35.4. The Morgan fingerprint density at radius 1 is 1.12 bits per heavy atom. The van der Waals surface area contributed by atoms with Gasteiger partial charge in [0.15, 0.2) is 0 Å². The molecule has 1 aliphatic heterocycles. The third-order valence-electron chi connectivity index (χ3n) is 4.07. The van der Waals surface area contributed by atoms with E-state index in [0.717, 1.165) is 13.1 Å². The molecule has 0 saturated carbocycles. The van der Waals surface area contributed by atoms with Gasteiger partial charge in [0.05, 0.1) is 24.6 Å². The number of hydrogen-bond acceptors (Lipinski definition) is 4. The molecule has 3 rings (SSSR count). The summed E-state index contributed by atoms with van der Waals surface area (Å²) in [5.41, 5.74) is -0.669. The molecule has 0 spiro atoms. The molecule has 1 aliphatic rings. The SMILES string of the molecule is O=c1c(F)c(Nc2ccc(Br)cc2F)ccn1CCN1CCOCC1. The molecule has 0 unspecified atom stereocenters. The van der Waals surface area contributed by atoms with Crippen molar-refractivity contribution in [3.05, 3.63) is 56.9 Å². The highest BCUT2D eigenvalue weighted by atomic mass is 79.9. The fraction of sp³-hybridized carbons (Fsp3) is 0.353. The molecule has 0 aliphatic carbocycles. The van der Waals surface area contributed by atoms with E-state index in [0.29, 0.717) is 30.8 Å². The monoisotopic (exact) mass is 413 g/mol. The van der Waals surface area contributed by atoms with Crippen LogP contribution in [0.3, 0.4) is 0 Å². The predicted octanol–water partition coefficient (Wildman–Crippen LogP) is 2.96. The van der Waals surface area contributed by atoms with Crippen molar-refractivity contribution < 1.29 is 13.5 Å². The highest BCUT2D eigenvalue weighted by Crippen LogP contribution is 2.23. The highest BCUT2D eigenvalue weighted by Gasteiger charge is 2.14. The number of hydrogen-bond donors (Lipinski definition) is 1. The number of ether oxygens (including phenoxy) is 1. The maximum Gasteiger partial charge on any atom is 0.288 e. The van der Waals surface area contributed by atoms with Crippen molar-refractivity contribution in [2.75, 3.05) is 38.2 Å². The average Bonchev–Trinajstić information content (AvgIpc) is 2.61. The summed E-state index contributed by atoms with van der Waals surface area (Å²) in [7, 11) is 0. The van der Waals surface area contributed by atoms with Crippen molar-refractivity contribution in [2.45, 2.75) is 6.54 Å². The van der Waals surface area contributed by atoms with E-state index < -0.39 is 17.2 Å². The summed E-state index contributed by atoms with van der Waals surface area (Å²) in [6, 6.07) is 5.82. The Bertz CT molecular complexity index is 807. The third kappa shape index (κ3) is 4.45. The second-order valence-electron chi connectivity index (χ2n) is 5.75. The molecule has 1 fully saturated rings. The van der Waals surface area contributed by atoms with E-state index in [1.807, 2.05) is 0 Å². The van der Waals surface area contributed by atoms with E-state index in [1.54, 1.807) is 6.07 Å². The van der Waals surface area contributed by atoms with Crippen LogP contribution in [0, 0.1) is 11.6 Å². The summed E-state index contributed by atoms with van der Waals surface area (Å²) in [5, 5.41) is 2.63. The van der Waals surface area contributed by atoms with Gasteiger partial charge in [0.25, 0.3) is 5.56 Å². The molecule has 5 nitrogen and oxygen atoms in total. The molecule has 1 saturated heterocycles. The first kappa shape index (κ1) is 18.0. The molecule has 25 heavy (non-hydrogen) atoms. The number of rotatable bonds is 5. The number of halogens is 3. The molecule has 0 amide bonds. The number of benzene rings is 1. The molecule has 0 radical (unpaired) electrons. The normalized spacial score (nSPS) is 15.3. The number of aromatic nitrogens is 1. The zero-order valence-corrected chi connectivity index (χ0v) is 15.1. The van der Waals surface area contributed by atoms with Gasteiger partial charge in [-0.25, -0.2) is 4.39 Å². The first-order valence-electron chi connectivity index (χ1n) is 7.96. The first-order valence-corrected chi connectivity index (χ1v) is 8.75. The lowest BCUT2D eigenvalue weighted by Crippen LogP contribution is -2.39. The summed E-state index contributed by atoms with van der Waals surface area (Å²) in [6.07, 6.45) is 1.52. The summed E-state index contributed by atoms with van der Waals surface area (Å²) in [4.78, 5) is 14.4. The van der Waals surface area contributed by atoms with Crippen LogP contribution in [0.2, 0.25) is 0 Å². The van der Waals surface area contributed by atoms with Crippen molar-refractivity contribution in [3.63, 3.8) is 0 Å². The molecule has 8 heteroatoms. The molecule has 0 atom stereocenters. The van der Waals surface area contributed by atoms with Gasteiger partial charge < -0.3 is 14.6 Å². The Labute approximate surface area is 152 Å². The van der Waals surface area contributed by atoms with Crippen LogP contribution < -0.4 is 10.9 Å². The lowest BCUT2D eigenvalue weighted by Gasteiger charge is -2.26. The van der Waals surface area contributed by atoms with Crippen LogP contribution in [-0.2, 0) is 11.3 Å². The molecule has 1 N–H and O–H groups in total. The van der Waals surface area contributed by atoms with Gasteiger partial charge in [0.2, 0.25) is 5.82 Å². The molecular weight excluding hydrogens is 396 g/mol. The smallest absolute Gasteiger partial charge is 0.288 e. The minimum atomic E-state index is -0.924. The van der Waals surface area contributed by atoms with Crippen molar-refractivity contribution >= 4 is 27.3 Å². The maximum atomic E-state index is 14.4. The largest absolute Gasteiger partial charge is 0.379 e. The Morgan fingerprint density at radius 3 is 2.60 bits per heavy atom. The number of morpholine rings is 1. The number of anilines is 2. The Morgan fingerprint density at radius 2 is 1.88 bits per heavy atom. The standard InChI is InChI=1S/C17H18BrF2N3O2/c18-12-1-2-14(13(19)11-12)21-15-3-4-23(17(24)16(15)20)6-5-22-7-9-25-10-8-22/h1-4,11,21H,5-10H2. The van der Waals surface area contributed by atoms with Crippen molar-refractivity contribution in [1.29, 1.82) is 0 Å². The lowest BCUT2D eigenvalue weighted by atomic mass is 10.3. The maximum absolute atomic E-state index is 14.4. The summed E-state index contributed by atoms with van der Waals surface area (Å²) in [5.74, 6) is -1.46. The third-order valence-corrected chi connectivity index (χ3v) is 4.56. The van der Waals surface area contributed by atoms with Gasteiger partial charge in [-0.2, -0.15) is 4.39 Å². The second kappa shape index (κ2) is 8.07. The predicted molar refractivity (Wildman–Crippen MR) is 95.3 cm³/mol. The molecule has 2 aromatic rings. The topological polar surface area (TPSA) is 46.5 Å². The average molecular weight is 414 g/mol. The van der Waals surface area contributed by atoms with Crippen LogP contribution in [0.4, 0.5) is 20.2 Å². The molecule has 0 bridgehead atoms. The lowest BCUT2D eigenvalue weighted by molar-refractivity contribution is 0.0362. The van der Waals surface area contributed by atoms with Gasteiger partial charge in [-0.1, -0.05) is 15.9 Å². The van der Waals surface area contributed by atoms with E-state index >= 15 is 0 Å². The van der Waals surface area contributed by atoms with Crippen LogP contribution in [0.15, 0.2) is 39.7 Å². The molecular formula is C17H18BrF2N3O2. The van der Waals surface area contributed by atoms with Crippen LogP contribution >= 0.6 is 15.9 Å². The van der Waals surface area contributed by atoms with Gasteiger partial charge in [-0.15, -0.1) is 0 Å². The van der Waals surface area contributed by atoms with E-state index in [-0.39, 0.29) is 11.4 Å². The molecule has 1 aromatic heterocycles. The van der Waals surface area contributed by atoms with Gasteiger partial charge in [-0.3, -0.25) is 9.69 Å². The molecule has 1 aromatic carbocycles. The minimum absolute atomic E-state index is 0.0474. The highest BCUT2D eigenvalue weighted by molar-refractivity contribution is 9.10. The first-order chi connectivity index (χ1) is 12.0. The van der Waals surface area contributed by atoms with Crippen molar-refractivity contribution in [3.8, 4) is 0 Å².